The van der Waals surface area contributed by atoms with E-state index in [0.29, 0.717) is 18.2 Å². The number of nitrogens with one attached hydrogen (secondary N) is 1. The van der Waals surface area contributed by atoms with Crippen molar-refractivity contribution in [1.82, 2.24) is 10.2 Å². The number of likely N-dealkylation sites (tertiary alicyclic amines) is 1. The largest absolute Gasteiger partial charge is 0.508 e. The highest BCUT2D eigenvalue weighted by Crippen LogP contribution is 2.28. The number of phenols is 1. The zero-order valence-electron chi connectivity index (χ0n) is 10.7. The van der Waals surface area contributed by atoms with Crippen molar-refractivity contribution in [2.75, 3.05) is 26.7 Å². The van der Waals surface area contributed by atoms with Crippen molar-refractivity contribution >= 4 is 5.91 Å². The number of nitrogens with zero attached hydrogens (tertiary/aromatic N) is 1. The molecule has 0 aliphatic carbocycles. The molecular weight excluding hydrogens is 228 g/mol. The summed E-state index contributed by atoms with van der Waals surface area (Å²) in [5.41, 5.74) is 1.28. The van der Waals surface area contributed by atoms with Gasteiger partial charge in [-0.05, 0) is 49.5 Å². The molecule has 0 radical (unpaired) electrons. The van der Waals surface area contributed by atoms with Crippen LogP contribution in [0, 0.1) is 0 Å². The van der Waals surface area contributed by atoms with Crippen LogP contribution in [-0.2, 0) is 4.79 Å². The summed E-state index contributed by atoms with van der Waals surface area (Å²) in [6.45, 7) is 2.41. The van der Waals surface area contributed by atoms with E-state index in [1.54, 1.807) is 19.2 Å². The third kappa shape index (κ3) is 3.23. The molecular formula is C14H20N2O2. The number of aromatic hydroxyl groups is 1. The highest BCUT2D eigenvalue weighted by atomic mass is 16.3. The van der Waals surface area contributed by atoms with E-state index in [4.69, 9.17) is 0 Å². The molecule has 1 aromatic carbocycles. The van der Waals surface area contributed by atoms with Crippen molar-refractivity contribution < 1.29 is 9.90 Å². The van der Waals surface area contributed by atoms with Crippen LogP contribution in [0.2, 0.25) is 0 Å². The Labute approximate surface area is 108 Å². The van der Waals surface area contributed by atoms with Crippen LogP contribution in [-0.4, -0.2) is 42.6 Å². The molecule has 2 rings (SSSR count). The summed E-state index contributed by atoms with van der Waals surface area (Å²) in [7, 11) is 1.67. The number of amides is 1. The minimum Gasteiger partial charge on any atom is -0.508 e. The second-order valence-electron chi connectivity index (χ2n) is 4.82. The Kier molecular flexibility index (Phi) is 4.20. The Morgan fingerprint density at radius 1 is 1.33 bits per heavy atom. The van der Waals surface area contributed by atoms with Crippen LogP contribution in [0.25, 0.3) is 0 Å². The van der Waals surface area contributed by atoms with Crippen LogP contribution in [0.15, 0.2) is 24.3 Å². The molecule has 4 heteroatoms. The maximum atomic E-state index is 11.3. The number of carbonyl (C=O) groups is 1. The van der Waals surface area contributed by atoms with E-state index in [2.05, 4.69) is 10.2 Å². The van der Waals surface area contributed by atoms with Gasteiger partial charge in [-0.15, -0.1) is 0 Å². The van der Waals surface area contributed by atoms with Crippen LogP contribution < -0.4 is 5.32 Å². The van der Waals surface area contributed by atoms with Gasteiger partial charge in [0.15, 0.2) is 0 Å². The smallest absolute Gasteiger partial charge is 0.233 e. The van der Waals surface area contributed by atoms with Crippen LogP contribution >= 0.6 is 0 Å². The summed E-state index contributed by atoms with van der Waals surface area (Å²) in [6, 6.07) is 7.47. The van der Waals surface area contributed by atoms with E-state index < -0.39 is 0 Å². The molecule has 1 aromatic rings. The lowest BCUT2D eigenvalue weighted by Gasteiger charge is -2.31. The second-order valence-corrected chi connectivity index (χ2v) is 4.82. The molecule has 1 aliphatic rings. The molecule has 18 heavy (non-hydrogen) atoms. The van der Waals surface area contributed by atoms with E-state index in [1.165, 1.54) is 5.56 Å². The SMILES string of the molecule is CNC(=O)CN1CCC(c2ccc(O)cc2)CC1. The normalized spacial score (nSPS) is 17.6. The molecule has 0 atom stereocenters. The van der Waals surface area contributed by atoms with E-state index in [1.807, 2.05) is 12.1 Å². The first-order valence-electron chi connectivity index (χ1n) is 6.41. The summed E-state index contributed by atoms with van der Waals surface area (Å²) in [5.74, 6) is 0.945. The standard InChI is InChI=1S/C14H20N2O2/c1-15-14(18)10-16-8-6-12(7-9-16)11-2-4-13(17)5-3-11/h2-5,12,17H,6-10H2,1H3,(H,15,18). The highest BCUT2D eigenvalue weighted by Gasteiger charge is 2.21. The minimum atomic E-state index is 0.0816. The number of piperidine rings is 1. The van der Waals surface area contributed by atoms with E-state index in [9.17, 15) is 9.90 Å². The van der Waals surface area contributed by atoms with E-state index in [-0.39, 0.29) is 5.91 Å². The van der Waals surface area contributed by atoms with Crippen molar-refractivity contribution in [3.63, 3.8) is 0 Å². The van der Waals surface area contributed by atoms with Crippen molar-refractivity contribution in [3.05, 3.63) is 29.8 Å². The van der Waals surface area contributed by atoms with Gasteiger partial charge in [-0.25, -0.2) is 0 Å². The molecule has 1 heterocycles. The van der Waals surface area contributed by atoms with Gasteiger partial charge in [-0.1, -0.05) is 12.1 Å². The Morgan fingerprint density at radius 3 is 2.50 bits per heavy atom. The summed E-state index contributed by atoms with van der Waals surface area (Å²) in [5, 5.41) is 11.9. The van der Waals surface area contributed by atoms with E-state index in [0.717, 1.165) is 25.9 Å². The quantitative estimate of drug-likeness (QED) is 0.848. The predicted octanol–water partition coefficient (Wildman–Crippen LogP) is 1.32. The maximum Gasteiger partial charge on any atom is 0.233 e. The number of hydrogen-bond acceptors (Lipinski definition) is 3. The van der Waals surface area contributed by atoms with Crippen LogP contribution in [0.1, 0.15) is 24.3 Å². The van der Waals surface area contributed by atoms with Crippen LogP contribution in [0.3, 0.4) is 0 Å². The fourth-order valence-electron chi connectivity index (χ4n) is 2.45. The first kappa shape index (κ1) is 12.9. The summed E-state index contributed by atoms with van der Waals surface area (Å²) in [4.78, 5) is 13.5. The first-order chi connectivity index (χ1) is 8.69. The van der Waals surface area contributed by atoms with Gasteiger partial charge in [0.25, 0.3) is 0 Å². The summed E-state index contributed by atoms with van der Waals surface area (Å²) in [6.07, 6.45) is 2.14. The molecule has 1 fully saturated rings. The van der Waals surface area contributed by atoms with Gasteiger partial charge in [-0.3, -0.25) is 9.69 Å². The lowest BCUT2D eigenvalue weighted by Crippen LogP contribution is -2.40. The van der Waals surface area contributed by atoms with Gasteiger partial charge in [0.05, 0.1) is 6.54 Å². The average Bonchev–Trinajstić information content (AvgIpc) is 2.40. The highest BCUT2D eigenvalue weighted by molar-refractivity contribution is 5.77. The summed E-state index contributed by atoms with van der Waals surface area (Å²) < 4.78 is 0. The van der Waals surface area contributed by atoms with E-state index >= 15 is 0 Å². The Hall–Kier alpha value is -1.55. The number of phenolic OH excluding ortho intramolecular Hbond substituents is 1. The number of benzene rings is 1. The van der Waals surface area contributed by atoms with Crippen molar-refractivity contribution in [1.29, 1.82) is 0 Å². The molecule has 98 valence electrons. The minimum absolute atomic E-state index is 0.0816. The lowest BCUT2D eigenvalue weighted by molar-refractivity contribution is -0.122. The van der Waals surface area contributed by atoms with Crippen molar-refractivity contribution in [3.8, 4) is 5.75 Å². The summed E-state index contributed by atoms with van der Waals surface area (Å²) >= 11 is 0. The number of likely N-dealkylation sites (N-methyl/N-ethyl adjacent to an activating group) is 1. The van der Waals surface area contributed by atoms with Crippen LogP contribution in [0.4, 0.5) is 0 Å². The number of rotatable bonds is 3. The molecule has 2 N–H and O–H groups in total. The molecule has 0 saturated carbocycles. The molecule has 1 amide bonds. The number of hydrogen-bond donors (Lipinski definition) is 2. The third-order valence-electron chi connectivity index (χ3n) is 3.60. The Balaban J connectivity index is 1.86. The third-order valence-corrected chi connectivity index (χ3v) is 3.60. The van der Waals surface area contributed by atoms with Gasteiger partial charge in [0.2, 0.25) is 5.91 Å². The van der Waals surface area contributed by atoms with Crippen LogP contribution in [0.5, 0.6) is 5.75 Å². The predicted molar refractivity (Wildman–Crippen MR) is 70.6 cm³/mol. The molecule has 0 spiro atoms. The Bertz CT molecular complexity index is 395. The first-order valence-corrected chi connectivity index (χ1v) is 6.41. The average molecular weight is 248 g/mol. The maximum absolute atomic E-state index is 11.3. The molecule has 0 aromatic heterocycles. The zero-order valence-corrected chi connectivity index (χ0v) is 10.7. The van der Waals surface area contributed by atoms with Crippen molar-refractivity contribution in [2.24, 2.45) is 0 Å². The van der Waals surface area contributed by atoms with Gasteiger partial charge in [-0.2, -0.15) is 0 Å². The lowest BCUT2D eigenvalue weighted by atomic mass is 9.89. The van der Waals surface area contributed by atoms with Gasteiger partial charge >= 0.3 is 0 Å². The van der Waals surface area contributed by atoms with Gasteiger partial charge in [0.1, 0.15) is 5.75 Å². The molecule has 1 aliphatic heterocycles. The molecule has 0 bridgehead atoms. The Morgan fingerprint density at radius 2 is 1.94 bits per heavy atom. The topological polar surface area (TPSA) is 52.6 Å². The van der Waals surface area contributed by atoms with Crippen molar-refractivity contribution in [2.45, 2.75) is 18.8 Å². The fraction of sp³-hybridized carbons (Fsp3) is 0.500. The van der Waals surface area contributed by atoms with Gasteiger partial charge < -0.3 is 10.4 Å². The number of carbonyl (C=O) groups excluding carboxylic acids is 1. The molecule has 4 nitrogen and oxygen atoms in total. The monoisotopic (exact) mass is 248 g/mol. The van der Waals surface area contributed by atoms with Gasteiger partial charge in [0, 0.05) is 7.05 Å². The zero-order chi connectivity index (χ0) is 13.0. The molecule has 1 saturated heterocycles. The second kappa shape index (κ2) is 5.87. The fourth-order valence-corrected chi connectivity index (χ4v) is 2.45. The molecule has 0 unspecified atom stereocenters.